The fourth-order valence-corrected chi connectivity index (χ4v) is 1.84. The van der Waals surface area contributed by atoms with E-state index >= 15 is 0 Å². The molecule has 6 heteroatoms. The van der Waals surface area contributed by atoms with E-state index in [9.17, 15) is 4.79 Å². The molecule has 0 fully saturated rings. The van der Waals surface area contributed by atoms with E-state index in [-0.39, 0.29) is 0 Å². The van der Waals surface area contributed by atoms with Crippen LogP contribution < -0.4 is 11.5 Å². The molecule has 3 rings (SSSR count). The molecule has 3 aromatic rings. The monoisotopic (exact) mass is 230 g/mol. The first-order valence-corrected chi connectivity index (χ1v) is 5.13. The molecular formula is C11H10N4O2. The lowest BCUT2D eigenvalue weighted by molar-refractivity contribution is 0.555. The van der Waals surface area contributed by atoms with Crippen LogP contribution in [0.15, 0.2) is 33.6 Å². The van der Waals surface area contributed by atoms with E-state index < -0.39 is 5.76 Å². The number of hydrogen-bond donors (Lipinski definition) is 3. The van der Waals surface area contributed by atoms with Crippen LogP contribution in [0.4, 0.5) is 0 Å². The zero-order valence-electron chi connectivity index (χ0n) is 8.86. The normalized spacial score (nSPS) is 11.1. The zero-order chi connectivity index (χ0) is 11.8. The zero-order valence-corrected chi connectivity index (χ0v) is 8.86. The van der Waals surface area contributed by atoms with Crippen molar-refractivity contribution in [2.75, 3.05) is 0 Å². The second kappa shape index (κ2) is 3.60. The summed E-state index contributed by atoms with van der Waals surface area (Å²) in [4.78, 5) is 13.7. The largest absolute Gasteiger partial charge is 0.417 e. The molecule has 0 spiro atoms. The molecule has 0 amide bonds. The molecule has 0 aliphatic rings. The second-order valence-electron chi connectivity index (χ2n) is 3.69. The molecule has 17 heavy (non-hydrogen) atoms. The van der Waals surface area contributed by atoms with Gasteiger partial charge in [-0.05, 0) is 17.7 Å². The van der Waals surface area contributed by atoms with Crippen molar-refractivity contribution in [1.29, 1.82) is 0 Å². The van der Waals surface area contributed by atoms with Gasteiger partial charge in [0.15, 0.2) is 5.58 Å². The van der Waals surface area contributed by atoms with Crippen LogP contribution in [0.5, 0.6) is 0 Å². The van der Waals surface area contributed by atoms with Crippen LogP contribution in [0.2, 0.25) is 0 Å². The highest BCUT2D eigenvalue weighted by Gasteiger charge is 2.08. The first-order chi connectivity index (χ1) is 8.28. The predicted molar refractivity (Wildman–Crippen MR) is 62.3 cm³/mol. The van der Waals surface area contributed by atoms with E-state index in [0.29, 0.717) is 17.6 Å². The Kier molecular flexibility index (Phi) is 2.09. The summed E-state index contributed by atoms with van der Waals surface area (Å²) in [6, 6.07) is 5.45. The minimum atomic E-state index is -0.455. The average molecular weight is 230 g/mol. The van der Waals surface area contributed by atoms with E-state index in [1.165, 1.54) is 0 Å². The summed E-state index contributed by atoms with van der Waals surface area (Å²) in [7, 11) is 0. The fraction of sp³-hybridized carbons (Fsp3) is 0.0909. The number of benzene rings is 1. The molecule has 0 radical (unpaired) electrons. The number of nitrogens with one attached hydrogen (secondary N) is 2. The van der Waals surface area contributed by atoms with Crippen molar-refractivity contribution in [1.82, 2.24) is 15.2 Å². The van der Waals surface area contributed by atoms with Crippen LogP contribution in [0, 0.1) is 0 Å². The number of H-pyrrole nitrogens is 2. The van der Waals surface area contributed by atoms with Crippen LogP contribution in [0.1, 0.15) is 5.69 Å². The molecule has 6 nitrogen and oxygen atoms in total. The lowest BCUT2D eigenvalue weighted by Gasteiger charge is -2.00. The molecule has 0 aliphatic carbocycles. The van der Waals surface area contributed by atoms with E-state index in [1.807, 2.05) is 12.1 Å². The number of aromatic nitrogens is 3. The second-order valence-corrected chi connectivity index (χ2v) is 3.69. The van der Waals surface area contributed by atoms with Gasteiger partial charge in [-0.15, -0.1) is 0 Å². The van der Waals surface area contributed by atoms with Crippen LogP contribution >= 0.6 is 0 Å². The highest BCUT2D eigenvalue weighted by Crippen LogP contribution is 2.24. The van der Waals surface area contributed by atoms with Crippen molar-refractivity contribution in [2.45, 2.75) is 6.54 Å². The maximum Gasteiger partial charge on any atom is 0.417 e. The summed E-state index contributed by atoms with van der Waals surface area (Å²) in [5.74, 6) is -0.455. The molecule has 0 bridgehead atoms. The van der Waals surface area contributed by atoms with Gasteiger partial charge in [0.1, 0.15) is 0 Å². The maximum atomic E-state index is 11.0. The molecular weight excluding hydrogens is 220 g/mol. The predicted octanol–water partition coefficient (Wildman–Crippen LogP) is 0.970. The fourth-order valence-electron chi connectivity index (χ4n) is 1.84. The van der Waals surface area contributed by atoms with Gasteiger partial charge in [-0.3, -0.25) is 10.1 Å². The number of aromatic amines is 2. The van der Waals surface area contributed by atoms with Crippen molar-refractivity contribution in [2.24, 2.45) is 5.73 Å². The Morgan fingerprint density at radius 2 is 2.29 bits per heavy atom. The Morgan fingerprint density at radius 1 is 1.41 bits per heavy atom. The molecule has 0 unspecified atom stereocenters. The number of rotatable bonds is 2. The number of nitrogens with two attached hydrogens (primary N) is 1. The Hall–Kier alpha value is -2.34. The Labute approximate surface area is 95.4 Å². The highest BCUT2D eigenvalue weighted by atomic mass is 16.4. The van der Waals surface area contributed by atoms with Crippen molar-refractivity contribution in [3.05, 3.63) is 40.6 Å². The summed E-state index contributed by atoms with van der Waals surface area (Å²) in [5, 5.41) is 6.79. The van der Waals surface area contributed by atoms with Gasteiger partial charge in [-0.1, -0.05) is 6.07 Å². The Morgan fingerprint density at radius 3 is 3.12 bits per heavy atom. The minimum Gasteiger partial charge on any atom is -0.408 e. The van der Waals surface area contributed by atoms with E-state index in [1.54, 1.807) is 12.3 Å². The van der Waals surface area contributed by atoms with Gasteiger partial charge in [-0.25, -0.2) is 4.79 Å². The molecule has 86 valence electrons. The molecule has 2 aromatic heterocycles. The standard InChI is InChI=1S/C11H10N4O2/c12-4-9-7(5-13-15-9)6-1-2-10-8(3-6)14-11(16)17-10/h1-3,5H,4,12H2,(H,13,15)(H,14,16). The SMILES string of the molecule is NCc1[nH]ncc1-c1ccc2oc(=O)[nH]c2c1. The molecule has 0 saturated heterocycles. The molecule has 0 saturated carbocycles. The minimum absolute atomic E-state index is 0.384. The molecule has 0 aliphatic heterocycles. The Bertz CT molecular complexity index is 722. The highest BCUT2D eigenvalue weighted by molar-refractivity contribution is 5.80. The topological polar surface area (TPSA) is 101 Å². The van der Waals surface area contributed by atoms with Gasteiger partial charge in [0.25, 0.3) is 0 Å². The van der Waals surface area contributed by atoms with Crippen LogP contribution in [-0.4, -0.2) is 15.2 Å². The van der Waals surface area contributed by atoms with Crippen molar-refractivity contribution in [3.63, 3.8) is 0 Å². The molecule has 4 N–H and O–H groups in total. The maximum absolute atomic E-state index is 11.0. The number of hydrogen-bond acceptors (Lipinski definition) is 4. The van der Waals surface area contributed by atoms with E-state index in [0.717, 1.165) is 16.8 Å². The first-order valence-electron chi connectivity index (χ1n) is 5.13. The third-order valence-electron chi connectivity index (χ3n) is 2.65. The molecule has 2 heterocycles. The van der Waals surface area contributed by atoms with Gasteiger partial charge in [0, 0.05) is 12.1 Å². The van der Waals surface area contributed by atoms with E-state index in [4.69, 9.17) is 10.2 Å². The van der Waals surface area contributed by atoms with Crippen molar-refractivity contribution >= 4 is 11.1 Å². The van der Waals surface area contributed by atoms with Gasteiger partial charge in [0.05, 0.1) is 17.4 Å². The third kappa shape index (κ3) is 1.55. The molecule has 1 aromatic carbocycles. The van der Waals surface area contributed by atoms with Crippen molar-refractivity contribution in [3.8, 4) is 11.1 Å². The van der Waals surface area contributed by atoms with Crippen LogP contribution in [0.3, 0.4) is 0 Å². The van der Waals surface area contributed by atoms with E-state index in [2.05, 4.69) is 15.2 Å². The first kappa shape index (κ1) is 9.86. The van der Waals surface area contributed by atoms with Gasteiger partial charge < -0.3 is 10.2 Å². The lowest BCUT2D eigenvalue weighted by Crippen LogP contribution is -1.98. The van der Waals surface area contributed by atoms with Gasteiger partial charge >= 0.3 is 5.76 Å². The molecule has 0 atom stereocenters. The van der Waals surface area contributed by atoms with Crippen molar-refractivity contribution < 1.29 is 4.42 Å². The van der Waals surface area contributed by atoms with Crippen LogP contribution in [-0.2, 0) is 6.54 Å². The quantitative estimate of drug-likeness (QED) is 0.610. The third-order valence-corrected chi connectivity index (χ3v) is 2.65. The number of fused-ring (bicyclic) bond motifs is 1. The number of oxazole rings is 1. The lowest BCUT2D eigenvalue weighted by atomic mass is 10.1. The smallest absolute Gasteiger partial charge is 0.408 e. The summed E-state index contributed by atoms with van der Waals surface area (Å²) in [5.41, 5.74) is 9.52. The summed E-state index contributed by atoms with van der Waals surface area (Å²) < 4.78 is 4.94. The van der Waals surface area contributed by atoms with Gasteiger partial charge in [0.2, 0.25) is 0 Å². The van der Waals surface area contributed by atoms with Gasteiger partial charge in [-0.2, -0.15) is 5.10 Å². The summed E-state index contributed by atoms with van der Waals surface area (Å²) in [6.07, 6.45) is 1.71. The summed E-state index contributed by atoms with van der Waals surface area (Å²) >= 11 is 0. The summed E-state index contributed by atoms with van der Waals surface area (Å²) in [6.45, 7) is 0.384. The number of nitrogens with zero attached hydrogens (tertiary/aromatic N) is 1. The van der Waals surface area contributed by atoms with Crippen LogP contribution in [0.25, 0.3) is 22.2 Å². The average Bonchev–Trinajstić information content (AvgIpc) is 2.91. The Balaban J connectivity index is 2.20.